The van der Waals surface area contributed by atoms with Gasteiger partial charge in [0.1, 0.15) is 0 Å². The highest BCUT2D eigenvalue weighted by molar-refractivity contribution is 5.52. The molecule has 5 heteroatoms. The zero-order chi connectivity index (χ0) is 16.9. The van der Waals surface area contributed by atoms with Crippen molar-refractivity contribution in [1.29, 1.82) is 0 Å². The molecule has 0 atom stereocenters. The zero-order valence-corrected chi connectivity index (χ0v) is 14.9. The van der Waals surface area contributed by atoms with Crippen molar-refractivity contribution in [3.05, 3.63) is 23.2 Å². The number of aromatic nitrogens is 1. The summed E-state index contributed by atoms with van der Waals surface area (Å²) in [6.07, 6.45) is 6.72. The minimum atomic E-state index is 0.164. The van der Waals surface area contributed by atoms with Crippen LogP contribution in [0.3, 0.4) is 0 Å². The third-order valence-electron chi connectivity index (χ3n) is 5.12. The van der Waals surface area contributed by atoms with E-state index in [0.29, 0.717) is 12.1 Å². The van der Waals surface area contributed by atoms with E-state index in [0.717, 1.165) is 50.6 Å². The first-order chi connectivity index (χ1) is 11.7. The van der Waals surface area contributed by atoms with Crippen LogP contribution in [0.1, 0.15) is 39.5 Å². The maximum atomic E-state index is 5.93. The van der Waals surface area contributed by atoms with Crippen molar-refractivity contribution in [2.45, 2.75) is 57.7 Å². The van der Waals surface area contributed by atoms with Crippen molar-refractivity contribution in [3.8, 4) is 12.3 Å². The van der Waals surface area contributed by atoms with Gasteiger partial charge in [0, 0.05) is 51.3 Å². The number of hydrogen-bond donors (Lipinski definition) is 0. The van der Waals surface area contributed by atoms with Gasteiger partial charge in [0.15, 0.2) is 11.6 Å². The Morgan fingerprint density at radius 3 is 2.50 bits per heavy atom. The highest BCUT2D eigenvalue weighted by Crippen LogP contribution is 2.29. The van der Waals surface area contributed by atoms with Gasteiger partial charge in [-0.3, -0.25) is 4.90 Å². The molecule has 0 amide bonds. The Kier molecular flexibility index (Phi) is 5.57. The Hall–Kier alpha value is -1.80. The van der Waals surface area contributed by atoms with Gasteiger partial charge in [-0.25, -0.2) is 4.98 Å². The number of ether oxygens (including phenoxy) is 1. The molecule has 0 spiro atoms. The topological polar surface area (TPSA) is 33.0 Å². The summed E-state index contributed by atoms with van der Waals surface area (Å²) in [6.45, 7) is 13.7. The summed E-state index contributed by atoms with van der Waals surface area (Å²) in [7, 11) is 0. The van der Waals surface area contributed by atoms with Crippen LogP contribution in [0.2, 0.25) is 0 Å². The Bertz CT molecular complexity index is 567. The Labute approximate surface area is 145 Å². The summed E-state index contributed by atoms with van der Waals surface area (Å²) in [5.74, 6) is 1.88. The third-order valence-corrected chi connectivity index (χ3v) is 5.12. The van der Waals surface area contributed by atoms with Gasteiger partial charge < -0.3 is 9.64 Å². The van der Waals surface area contributed by atoms with Crippen LogP contribution in [0, 0.1) is 6.57 Å². The van der Waals surface area contributed by atoms with E-state index in [1.54, 1.807) is 0 Å². The molecule has 0 N–H and O–H groups in total. The summed E-state index contributed by atoms with van der Waals surface area (Å²) in [5, 5.41) is 0. The van der Waals surface area contributed by atoms with Crippen LogP contribution in [0.5, 0.6) is 5.75 Å². The lowest BCUT2D eigenvalue weighted by molar-refractivity contribution is 0.145. The second-order valence-corrected chi connectivity index (χ2v) is 7.13. The van der Waals surface area contributed by atoms with Gasteiger partial charge in [0.2, 0.25) is 0 Å². The first kappa shape index (κ1) is 17.0. The normalized spacial score (nSPS) is 25.5. The molecule has 130 valence electrons. The lowest BCUT2D eigenvalue weighted by Crippen LogP contribution is -2.51. The second-order valence-electron chi connectivity index (χ2n) is 7.13. The maximum Gasteiger partial charge on any atom is 0.272 e. The molecule has 0 bridgehead atoms. The summed E-state index contributed by atoms with van der Waals surface area (Å²) in [4.78, 5) is 13.5. The molecule has 0 radical (unpaired) electrons. The van der Waals surface area contributed by atoms with Gasteiger partial charge >= 0.3 is 0 Å². The molecule has 1 aromatic rings. The molecule has 1 aliphatic carbocycles. The molecule has 2 fully saturated rings. The third kappa shape index (κ3) is 3.99. The molecule has 1 saturated carbocycles. The van der Waals surface area contributed by atoms with Crippen molar-refractivity contribution < 1.29 is 4.74 Å². The predicted octanol–water partition coefficient (Wildman–Crippen LogP) is 3.26. The van der Waals surface area contributed by atoms with E-state index in [1.165, 1.54) is 12.8 Å². The van der Waals surface area contributed by atoms with Crippen LogP contribution in [-0.2, 0) is 0 Å². The van der Waals surface area contributed by atoms with Gasteiger partial charge in [-0.15, -0.1) is 0 Å². The molecule has 2 aliphatic rings. The standard InChI is InChI=1S/C19H29N4O/c1-15(2)24-18-5-4-10-21-19(18)23-13-11-22(12-14-23)17-8-6-16(20-3)7-9-17/h3-5,10,15-17H,6-9,11-14H2,1-2H3/q+1. The van der Waals surface area contributed by atoms with E-state index in [9.17, 15) is 0 Å². The zero-order valence-electron chi connectivity index (χ0n) is 14.9. The fraction of sp³-hybridized carbons (Fsp3) is 0.684. The number of hydrogen-bond acceptors (Lipinski definition) is 4. The molecule has 2 heterocycles. The number of rotatable bonds is 4. The van der Waals surface area contributed by atoms with Gasteiger partial charge in [-0.2, -0.15) is 0 Å². The number of anilines is 1. The van der Waals surface area contributed by atoms with Gasteiger partial charge in [-0.1, -0.05) is 4.85 Å². The minimum Gasteiger partial charge on any atom is -0.487 e. The van der Waals surface area contributed by atoms with Crippen LogP contribution >= 0.6 is 0 Å². The first-order valence-electron chi connectivity index (χ1n) is 9.18. The largest absolute Gasteiger partial charge is 0.487 e. The number of nitrogens with zero attached hydrogens (tertiary/aromatic N) is 4. The predicted molar refractivity (Wildman–Crippen MR) is 98.1 cm³/mol. The number of pyridine rings is 1. The molecule has 0 aromatic carbocycles. The van der Waals surface area contributed by atoms with E-state index in [4.69, 9.17) is 11.3 Å². The van der Waals surface area contributed by atoms with Crippen LogP contribution in [0.25, 0.3) is 4.85 Å². The Morgan fingerprint density at radius 2 is 1.88 bits per heavy atom. The highest BCUT2D eigenvalue weighted by atomic mass is 16.5. The minimum absolute atomic E-state index is 0.164. The summed E-state index contributed by atoms with van der Waals surface area (Å²) < 4.78 is 5.93. The Morgan fingerprint density at radius 1 is 1.17 bits per heavy atom. The quantitative estimate of drug-likeness (QED) is 0.849. The molecule has 5 nitrogen and oxygen atoms in total. The average molecular weight is 329 g/mol. The average Bonchev–Trinajstić information content (AvgIpc) is 2.62. The van der Waals surface area contributed by atoms with Crippen LogP contribution in [-0.4, -0.2) is 54.3 Å². The molecule has 24 heavy (non-hydrogen) atoms. The molecule has 1 saturated heterocycles. The fourth-order valence-corrected chi connectivity index (χ4v) is 3.84. The molecule has 0 unspecified atom stereocenters. The molecule has 3 rings (SSSR count). The van der Waals surface area contributed by atoms with E-state index in [1.807, 2.05) is 18.3 Å². The van der Waals surface area contributed by atoms with Crippen molar-refractivity contribution in [2.24, 2.45) is 0 Å². The van der Waals surface area contributed by atoms with Crippen molar-refractivity contribution in [3.63, 3.8) is 0 Å². The molecular weight excluding hydrogens is 300 g/mol. The smallest absolute Gasteiger partial charge is 0.272 e. The van der Waals surface area contributed by atoms with Crippen molar-refractivity contribution >= 4 is 5.82 Å². The molecule has 1 aromatic heterocycles. The summed E-state index contributed by atoms with van der Waals surface area (Å²) >= 11 is 0. The summed E-state index contributed by atoms with van der Waals surface area (Å²) in [5.41, 5.74) is 0. The Balaban J connectivity index is 1.57. The summed E-state index contributed by atoms with van der Waals surface area (Å²) in [6, 6.07) is 5.04. The monoisotopic (exact) mass is 329 g/mol. The van der Waals surface area contributed by atoms with Crippen LogP contribution in [0.15, 0.2) is 18.3 Å². The van der Waals surface area contributed by atoms with Crippen molar-refractivity contribution in [2.75, 3.05) is 31.1 Å². The van der Waals surface area contributed by atoms with Crippen LogP contribution < -0.4 is 9.64 Å². The van der Waals surface area contributed by atoms with Gasteiger partial charge in [0.25, 0.3) is 12.6 Å². The highest BCUT2D eigenvalue weighted by Gasteiger charge is 2.32. The SMILES string of the molecule is C#[N+]C1CCC(N2CCN(c3ncccc3OC(C)C)CC2)CC1. The second kappa shape index (κ2) is 7.85. The van der Waals surface area contributed by atoms with Gasteiger partial charge in [0.05, 0.1) is 6.10 Å². The van der Waals surface area contributed by atoms with Crippen molar-refractivity contribution in [1.82, 2.24) is 9.88 Å². The van der Waals surface area contributed by atoms with E-state index in [2.05, 4.69) is 33.5 Å². The first-order valence-corrected chi connectivity index (χ1v) is 9.18. The van der Waals surface area contributed by atoms with Crippen LogP contribution in [0.4, 0.5) is 5.82 Å². The lowest BCUT2D eigenvalue weighted by atomic mass is 9.90. The van der Waals surface area contributed by atoms with E-state index in [-0.39, 0.29) is 6.10 Å². The fourth-order valence-electron chi connectivity index (χ4n) is 3.84. The van der Waals surface area contributed by atoms with E-state index < -0.39 is 0 Å². The molecule has 1 aliphatic heterocycles. The molecular formula is C19H29N4O+. The number of piperazine rings is 1. The van der Waals surface area contributed by atoms with Gasteiger partial charge in [-0.05, 0) is 38.8 Å². The lowest BCUT2D eigenvalue weighted by Gasteiger charge is -2.41. The van der Waals surface area contributed by atoms with E-state index >= 15 is 0 Å². The maximum absolute atomic E-state index is 5.93.